The summed E-state index contributed by atoms with van der Waals surface area (Å²) in [5, 5.41) is 0. The van der Waals surface area contributed by atoms with E-state index in [4.69, 9.17) is 7.85 Å². The minimum Gasteiger partial charge on any atom is -0.0749 e. The molecule has 1 aliphatic carbocycles. The fraction of sp³-hybridized carbons (Fsp3) is 1.00. The summed E-state index contributed by atoms with van der Waals surface area (Å²) >= 11 is 0. The molecule has 0 aliphatic heterocycles. The van der Waals surface area contributed by atoms with Gasteiger partial charge in [-0.15, -0.1) is 0 Å². The molecule has 0 spiro atoms. The molecule has 86 valence electrons. The molecule has 1 aliphatic rings. The molecule has 0 nitrogen and oxygen atoms in total. The van der Waals surface area contributed by atoms with Crippen molar-refractivity contribution in [3.05, 3.63) is 0 Å². The van der Waals surface area contributed by atoms with Gasteiger partial charge in [-0.25, -0.2) is 0 Å². The fourth-order valence-corrected chi connectivity index (χ4v) is 2.59. The summed E-state index contributed by atoms with van der Waals surface area (Å²) in [6.45, 7) is 4.74. The SMILES string of the molecule is [B]C1CCCCCCCC(C)CCC1C. The van der Waals surface area contributed by atoms with E-state index in [1.807, 2.05) is 0 Å². The van der Waals surface area contributed by atoms with E-state index in [9.17, 15) is 0 Å². The van der Waals surface area contributed by atoms with Crippen molar-refractivity contribution in [1.29, 1.82) is 0 Å². The third-order valence-corrected chi connectivity index (χ3v) is 4.08. The van der Waals surface area contributed by atoms with Crippen molar-refractivity contribution in [2.75, 3.05) is 0 Å². The Bertz CT molecular complexity index is 155. The lowest BCUT2D eigenvalue weighted by Gasteiger charge is -2.23. The Balaban J connectivity index is 2.33. The van der Waals surface area contributed by atoms with Gasteiger partial charge >= 0.3 is 0 Å². The topological polar surface area (TPSA) is 0 Å². The first-order valence-corrected chi connectivity index (χ1v) is 6.95. The van der Waals surface area contributed by atoms with Gasteiger partial charge in [-0.3, -0.25) is 0 Å². The lowest BCUT2D eigenvalue weighted by Crippen LogP contribution is -2.09. The zero-order chi connectivity index (χ0) is 11.1. The van der Waals surface area contributed by atoms with E-state index in [0.717, 1.165) is 11.8 Å². The summed E-state index contributed by atoms with van der Waals surface area (Å²) in [6.07, 6.45) is 12.5. The molecule has 1 heteroatoms. The van der Waals surface area contributed by atoms with E-state index in [2.05, 4.69) is 13.8 Å². The molecule has 3 unspecified atom stereocenters. The summed E-state index contributed by atoms with van der Waals surface area (Å²) in [4.78, 5) is 0. The van der Waals surface area contributed by atoms with Crippen LogP contribution in [0.5, 0.6) is 0 Å². The Morgan fingerprint density at radius 3 is 2.07 bits per heavy atom. The van der Waals surface area contributed by atoms with Crippen molar-refractivity contribution < 1.29 is 0 Å². The number of rotatable bonds is 0. The molecule has 0 saturated heterocycles. The van der Waals surface area contributed by atoms with Crippen LogP contribution in [0.25, 0.3) is 0 Å². The second-order valence-corrected chi connectivity index (χ2v) is 5.67. The molecule has 1 fully saturated rings. The van der Waals surface area contributed by atoms with Gasteiger partial charge in [-0.05, 0) is 11.8 Å². The van der Waals surface area contributed by atoms with Crippen LogP contribution in [-0.4, -0.2) is 7.85 Å². The molecule has 1 rings (SSSR count). The van der Waals surface area contributed by atoms with E-state index in [0.29, 0.717) is 5.82 Å². The first-order chi connectivity index (χ1) is 7.20. The highest BCUT2D eigenvalue weighted by molar-refractivity contribution is 6.11. The molecule has 0 bridgehead atoms. The third kappa shape index (κ3) is 5.63. The van der Waals surface area contributed by atoms with Gasteiger partial charge in [0, 0.05) is 0 Å². The maximum atomic E-state index is 6.20. The molecule has 3 atom stereocenters. The minimum atomic E-state index is 0.455. The van der Waals surface area contributed by atoms with Crippen LogP contribution < -0.4 is 0 Å². The van der Waals surface area contributed by atoms with Gasteiger partial charge in [0.25, 0.3) is 0 Å². The molecule has 0 aromatic heterocycles. The minimum absolute atomic E-state index is 0.455. The van der Waals surface area contributed by atoms with Crippen molar-refractivity contribution in [3.8, 4) is 0 Å². The van der Waals surface area contributed by atoms with Crippen LogP contribution in [0.1, 0.15) is 71.6 Å². The van der Waals surface area contributed by atoms with Gasteiger partial charge < -0.3 is 0 Å². The highest BCUT2D eigenvalue weighted by atomic mass is 14.2. The fourth-order valence-electron chi connectivity index (χ4n) is 2.59. The first kappa shape index (κ1) is 13.1. The third-order valence-electron chi connectivity index (χ3n) is 4.08. The van der Waals surface area contributed by atoms with Crippen LogP contribution in [0.2, 0.25) is 5.82 Å². The second kappa shape index (κ2) is 7.36. The van der Waals surface area contributed by atoms with E-state index in [1.165, 1.54) is 57.8 Å². The van der Waals surface area contributed by atoms with Crippen LogP contribution in [-0.2, 0) is 0 Å². The van der Waals surface area contributed by atoms with Gasteiger partial charge in [0.05, 0.1) is 7.85 Å². The summed E-state index contributed by atoms with van der Waals surface area (Å²) in [7, 11) is 6.20. The van der Waals surface area contributed by atoms with Crippen molar-refractivity contribution >= 4 is 7.85 Å². The average Bonchev–Trinajstić information content (AvgIpc) is 2.22. The Kier molecular flexibility index (Phi) is 6.44. The van der Waals surface area contributed by atoms with Gasteiger partial charge in [0.15, 0.2) is 0 Å². The molecule has 0 heterocycles. The molecule has 0 amide bonds. The van der Waals surface area contributed by atoms with Crippen molar-refractivity contribution in [1.82, 2.24) is 0 Å². The van der Waals surface area contributed by atoms with Crippen LogP contribution in [0, 0.1) is 11.8 Å². The van der Waals surface area contributed by atoms with E-state index in [1.54, 1.807) is 0 Å². The lowest BCUT2D eigenvalue weighted by atomic mass is 9.71. The Hall–Kier alpha value is 0.0649. The average molecular weight is 206 g/mol. The smallest absolute Gasteiger partial charge is 0.0703 e. The van der Waals surface area contributed by atoms with Gasteiger partial charge in [-0.1, -0.05) is 77.5 Å². The van der Waals surface area contributed by atoms with Crippen molar-refractivity contribution in [2.24, 2.45) is 11.8 Å². The normalized spacial score (nSPS) is 36.5. The zero-order valence-corrected chi connectivity index (χ0v) is 10.7. The van der Waals surface area contributed by atoms with Crippen LogP contribution in [0.4, 0.5) is 0 Å². The van der Waals surface area contributed by atoms with Gasteiger partial charge in [0.2, 0.25) is 0 Å². The Morgan fingerprint density at radius 1 is 0.733 bits per heavy atom. The number of hydrogen-bond donors (Lipinski definition) is 0. The lowest BCUT2D eigenvalue weighted by molar-refractivity contribution is 0.368. The summed E-state index contributed by atoms with van der Waals surface area (Å²) in [5.41, 5.74) is 0. The summed E-state index contributed by atoms with van der Waals surface area (Å²) in [5.74, 6) is 2.10. The van der Waals surface area contributed by atoms with E-state index < -0.39 is 0 Å². The van der Waals surface area contributed by atoms with Gasteiger partial charge in [0.1, 0.15) is 0 Å². The van der Waals surface area contributed by atoms with Crippen LogP contribution in [0.15, 0.2) is 0 Å². The molecular weight excluding hydrogens is 179 g/mol. The van der Waals surface area contributed by atoms with Crippen molar-refractivity contribution in [2.45, 2.75) is 77.5 Å². The summed E-state index contributed by atoms with van der Waals surface area (Å²) in [6, 6.07) is 0. The Labute approximate surface area is 97.6 Å². The standard InChI is InChI=1S/C14H27B/c1-12-8-6-4-3-5-7-9-14(15)13(2)11-10-12/h12-14H,3-11H2,1-2H3. The predicted molar refractivity (Wildman–Crippen MR) is 69.4 cm³/mol. The number of hydrogen-bond acceptors (Lipinski definition) is 0. The molecule has 0 aromatic rings. The maximum Gasteiger partial charge on any atom is 0.0703 e. The maximum absolute atomic E-state index is 6.20. The molecular formula is C14H27B. The largest absolute Gasteiger partial charge is 0.0749 e. The van der Waals surface area contributed by atoms with Crippen molar-refractivity contribution in [3.63, 3.8) is 0 Å². The Morgan fingerprint density at radius 2 is 1.33 bits per heavy atom. The highest BCUT2D eigenvalue weighted by Crippen LogP contribution is 2.29. The van der Waals surface area contributed by atoms with Crippen LogP contribution >= 0.6 is 0 Å². The highest BCUT2D eigenvalue weighted by Gasteiger charge is 2.13. The van der Waals surface area contributed by atoms with Crippen LogP contribution in [0.3, 0.4) is 0 Å². The molecule has 0 aromatic carbocycles. The van der Waals surface area contributed by atoms with Gasteiger partial charge in [-0.2, -0.15) is 0 Å². The van der Waals surface area contributed by atoms with E-state index in [-0.39, 0.29) is 0 Å². The zero-order valence-electron chi connectivity index (χ0n) is 10.7. The predicted octanol–water partition coefficient (Wildman–Crippen LogP) is 4.74. The quantitative estimate of drug-likeness (QED) is 0.502. The molecule has 0 N–H and O–H groups in total. The molecule has 15 heavy (non-hydrogen) atoms. The monoisotopic (exact) mass is 206 g/mol. The molecule has 1 saturated carbocycles. The summed E-state index contributed by atoms with van der Waals surface area (Å²) < 4.78 is 0. The molecule has 2 radical (unpaired) electrons. The first-order valence-electron chi connectivity index (χ1n) is 6.95. The van der Waals surface area contributed by atoms with E-state index >= 15 is 0 Å². The second-order valence-electron chi connectivity index (χ2n) is 5.67.